The molecule has 0 amide bonds. The number of rotatable bonds is 2. The van der Waals surface area contributed by atoms with Crippen molar-refractivity contribution in [2.24, 2.45) is 5.84 Å². The summed E-state index contributed by atoms with van der Waals surface area (Å²) >= 11 is 5.01. The molecule has 3 N–H and O–H groups in total. The summed E-state index contributed by atoms with van der Waals surface area (Å²) in [5.41, 5.74) is 4.50. The van der Waals surface area contributed by atoms with Crippen LogP contribution in [-0.2, 0) is 0 Å². The number of nitrogens with one attached hydrogen (secondary N) is 1. The Balaban J connectivity index is 2.54. The molecule has 0 fully saturated rings. The van der Waals surface area contributed by atoms with Gasteiger partial charge in [-0.25, -0.2) is 15.8 Å². The zero-order valence-electron chi connectivity index (χ0n) is 8.91. The molecular weight excluding hydrogens is 288 g/mol. The lowest BCUT2D eigenvalue weighted by molar-refractivity contribution is 1.06. The molecule has 6 heteroatoms. The number of halogens is 1. The zero-order valence-corrected chi connectivity index (χ0v) is 11.3. The molecule has 0 aromatic carbocycles. The van der Waals surface area contributed by atoms with Crippen molar-refractivity contribution in [2.45, 2.75) is 13.8 Å². The van der Waals surface area contributed by atoms with Gasteiger partial charge in [0.05, 0.1) is 4.88 Å². The standard InChI is InChI=1S/C10H11BrN4S/c1-5-6(2)13-10(14-9(5)15-12)8-3-7(11)4-16-8/h3-4H,12H2,1-2H3,(H,13,14,15). The highest BCUT2D eigenvalue weighted by Gasteiger charge is 2.10. The molecule has 0 aliphatic heterocycles. The maximum atomic E-state index is 5.43. The minimum atomic E-state index is 0.673. The van der Waals surface area contributed by atoms with E-state index >= 15 is 0 Å². The van der Waals surface area contributed by atoms with E-state index in [9.17, 15) is 0 Å². The summed E-state index contributed by atoms with van der Waals surface area (Å²) < 4.78 is 1.04. The normalized spacial score (nSPS) is 10.5. The third kappa shape index (κ3) is 2.09. The summed E-state index contributed by atoms with van der Waals surface area (Å²) in [6, 6.07) is 2.00. The van der Waals surface area contributed by atoms with Crippen LogP contribution >= 0.6 is 27.3 Å². The van der Waals surface area contributed by atoms with Crippen molar-refractivity contribution < 1.29 is 0 Å². The summed E-state index contributed by atoms with van der Waals surface area (Å²) in [7, 11) is 0. The van der Waals surface area contributed by atoms with E-state index in [1.165, 1.54) is 0 Å². The quantitative estimate of drug-likeness (QED) is 0.661. The molecule has 2 heterocycles. The number of hydrogen-bond acceptors (Lipinski definition) is 5. The van der Waals surface area contributed by atoms with E-state index in [4.69, 9.17) is 5.84 Å². The summed E-state index contributed by atoms with van der Waals surface area (Å²) in [6.07, 6.45) is 0. The summed E-state index contributed by atoms with van der Waals surface area (Å²) in [6.45, 7) is 3.89. The Kier molecular flexibility index (Phi) is 3.22. The van der Waals surface area contributed by atoms with Crippen LogP contribution in [0, 0.1) is 13.8 Å². The van der Waals surface area contributed by atoms with Gasteiger partial charge in [0.25, 0.3) is 0 Å². The van der Waals surface area contributed by atoms with Crippen LogP contribution in [0.25, 0.3) is 10.7 Å². The number of thiophene rings is 1. The molecule has 2 aromatic heterocycles. The van der Waals surface area contributed by atoms with Crippen molar-refractivity contribution in [1.82, 2.24) is 9.97 Å². The van der Waals surface area contributed by atoms with E-state index in [0.29, 0.717) is 11.6 Å². The number of hydrogen-bond donors (Lipinski definition) is 2. The number of nitrogens with zero attached hydrogens (tertiary/aromatic N) is 2. The number of aromatic nitrogens is 2. The minimum absolute atomic E-state index is 0.673. The number of hydrazine groups is 1. The second-order valence-electron chi connectivity index (χ2n) is 3.38. The Morgan fingerprint density at radius 2 is 2.12 bits per heavy atom. The summed E-state index contributed by atoms with van der Waals surface area (Å²) in [5.74, 6) is 6.80. The Morgan fingerprint density at radius 3 is 2.69 bits per heavy atom. The van der Waals surface area contributed by atoms with Gasteiger partial charge in [-0.15, -0.1) is 11.3 Å². The monoisotopic (exact) mass is 298 g/mol. The van der Waals surface area contributed by atoms with Crippen molar-refractivity contribution >= 4 is 33.1 Å². The van der Waals surface area contributed by atoms with Crippen LogP contribution in [0.1, 0.15) is 11.3 Å². The molecule has 4 nitrogen and oxygen atoms in total. The molecule has 0 spiro atoms. The fourth-order valence-electron chi connectivity index (χ4n) is 1.31. The molecule has 84 valence electrons. The maximum absolute atomic E-state index is 5.43. The summed E-state index contributed by atoms with van der Waals surface area (Å²) in [5, 5.41) is 2.00. The highest BCUT2D eigenvalue weighted by Crippen LogP contribution is 2.29. The van der Waals surface area contributed by atoms with Crippen LogP contribution in [0.3, 0.4) is 0 Å². The molecule has 16 heavy (non-hydrogen) atoms. The first-order valence-corrected chi connectivity index (χ1v) is 6.35. The van der Waals surface area contributed by atoms with Crippen LogP contribution in [-0.4, -0.2) is 9.97 Å². The lowest BCUT2D eigenvalue weighted by Crippen LogP contribution is -2.12. The summed E-state index contributed by atoms with van der Waals surface area (Å²) in [4.78, 5) is 9.85. The van der Waals surface area contributed by atoms with Crippen molar-refractivity contribution in [1.29, 1.82) is 0 Å². The van der Waals surface area contributed by atoms with E-state index in [-0.39, 0.29) is 0 Å². The lowest BCUT2D eigenvalue weighted by Gasteiger charge is -2.08. The fraction of sp³-hybridized carbons (Fsp3) is 0.200. The maximum Gasteiger partial charge on any atom is 0.171 e. The molecule has 0 radical (unpaired) electrons. The van der Waals surface area contributed by atoms with Gasteiger partial charge >= 0.3 is 0 Å². The van der Waals surface area contributed by atoms with E-state index in [1.54, 1.807) is 11.3 Å². The number of anilines is 1. The van der Waals surface area contributed by atoms with Crippen molar-refractivity contribution in [3.05, 3.63) is 27.2 Å². The van der Waals surface area contributed by atoms with Crippen LogP contribution in [0.15, 0.2) is 15.9 Å². The highest BCUT2D eigenvalue weighted by atomic mass is 79.9. The molecule has 2 rings (SSSR count). The number of aryl methyl sites for hydroxylation is 1. The molecule has 2 aromatic rings. The predicted molar refractivity (Wildman–Crippen MR) is 70.3 cm³/mol. The van der Waals surface area contributed by atoms with E-state index in [0.717, 1.165) is 20.6 Å². The largest absolute Gasteiger partial charge is 0.308 e. The third-order valence-corrected chi connectivity index (χ3v) is 4.00. The molecule has 0 unspecified atom stereocenters. The van der Waals surface area contributed by atoms with Gasteiger partial charge in [0, 0.05) is 21.1 Å². The molecule has 0 bridgehead atoms. The van der Waals surface area contributed by atoms with Gasteiger partial charge in [0.1, 0.15) is 5.82 Å². The smallest absolute Gasteiger partial charge is 0.171 e. The lowest BCUT2D eigenvalue weighted by atomic mass is 10.2. The van der Waals surface area contributed by atoms with E-state index in [2.05, 4.69) is 31.3 Å². The number of nitrogen functional groups attached to an aromatic ring is 1. The van der Waals surface area contributed by atoms with Gasteiger partial charge in [-0.3, -0.25) is 0 Å². The zero-order chi connectivity index (χ0) is 11.7. The Hall–Kier alpha value is -0.980. The molecule has 0 saturated carbocycles. The molecule has 0 saturated heterocycles. The van der Waals surface area contributed by atoms with Crippen LogP contribution in [0.5, 0.6) is 0 Å². The van der Waals surface area contributed by atoms with Crippen molar-refractivity contribution in [2.75, 3.05) is 5.43 Å². The van der Waals surface area contributed by atoms with Gasteiger partial charge in [0.15, 0.2) is 5.82 Å². The highest BCUT2D eigenvalue weighted by molar-refractivity contribution is 9.10. The van der Waals surface area contributed by atoms with Crippen LogP contribution in [0.2, 0.25) is 0 Å². The molecular formula is C10H11BrN4S. The Bertz CT molecular complexity index is 524. The molecule has 0 atom stereocenters. The third-order valence-electron chi connectivity index (χ3n) is 2.31. The minimum Gasteiger partial charge on any atom is -0.308 e. The van der Waals surface area contributed by atoms with E-state index in [1.807, 2.05) is 25.3 Å². The van der Waals surface area contributed by atoms with Crippen molar-refractivity contribution in [3.8, 4) is 10.7 Å². The van der Waals surface area contributed by atoms with E-state index < -0.39 is 0 Å². The predicted octanol–water partition coefficient (Wildman–Crippen LogP) is 2.87. The number of nitrogens with two attached hydrogens (primary N) is 1. The van der Waals surface area contributed by atoms with Crippen LogP contribution < -0.4 is 11.3 Å². The fourth-order valence-corrected chi connectivity index (χ4v) is 2.67. The van der Waals surface area contributed by atoms with Gasteiger partial charge in [-0.1, -0.05) is 0 Å². The SMILES string of the molecule is Cc1nc(-c2cc(Br)cs2)nc(NN)c1C. The molecule has 0 aliphatic rings. The van der Waals surface area contributed by atoms with Crippen molar-refractivity contribution in [3.63, 3.8) is 0 Å². The van der Waals surface area contributed by atoms with Gasteiger partial charge in [-0.2, -0.15) is 0 Å². The second-order valence-corrected chi connectivity index (χ2v) is 5.21. The van der Waals surface area contributed by atoms with Crippen LogP contribution in [0.4, 0.5) is 5.82 Å². The first-order chi connectivity index (χ1) is 7.61. The average molecular weight is 299 g/mol. The second kappa shape index (κ2) is 4.48. The topological polar surface area (TPSA) is 63.8 Å². The average Bonchev–Trinajstić information content (AvgIpc) is 2.69. The first-order valence-electron chi connectivity index (χ1n) is 4.68. The Morgan fingerprint density at radius 1 is 1.38 bits per heavy atom. The Labute approximate surface area is 106 Å². The first kappa shape index (κ1) is 11.5. The molecule has 0 aliphatic carbocycles. The van der Waals surface area contributed by atoms with Gasteiger partial charge < -0.3 is 5.43 Å². The van der Waals surface area contributed by atoms with Gasteiger partial charge in [0.2, 0.25) is 0 Å². The van der Waals surface area contributed by atoms with Gasteiger partial charge in [-0.05, 0) is 35.8 Å².